The number of carbonyl (C=O) groups is 2. The van der Waals surface area contributed by atoms with E-state index in [1.165, 1.54) is 12.2 Å². The Morgan fingerprint density at radius 1 is 0.605 bits per heavy atom. The maximum atomic E-state index is 12.1. The quantitative estimate of drug-likeness (QED) is 0.137. The van der Waals surface area contributed by atoms with Crippen LogP contribution in [0, 0.1) is 0 Å². The zero-order valence-electron chi connectivity index (χ0n) is 20.3. The van der Waals surface area contributed by atoms with Crippen LogP contribution >= 0.6 is 0 Å². The average molecular weight is 501 g/mol. The predicted octanol–water partition coefficient (Wildman–Crippen LogP) is 4.98. The first kappa shape index (κ1) is 24.2. The lowest BCUT2D eigenvalue weighted by molar-refractivity contribution is -0.117. The van der Waals surface area contributed by atoms with E-state index >= 15 is 0 Å². The number of amides is 2. The Morgan fingerprint density at radius 2 is 1.05 bits per heavy atom. The van der Waals surface area contributed by atoms with Gasteiger partial charge in [0.25, 0.3) is 11.8 Å². The van der Waals surface area contributed by atoms with Gasteiger partial charge in [-0.1, -0.05) is 48.5 Å². The highest BCUT2D eigenvalue weighted by molar-refractivity contribution is 6.00. The van der Waals surface area contributed by atoms with Gasteiger partial charge >= 0.3 is 0 Å². The first-order chi connectivity index (χ1) is 18.7. The SMILES string of the molecule is O=C(/C=C/c1ccc(/C=C/C(=O)N/N=C/c2cccc3[nH]ccc23)cc1)N/N=C/c1cccc2[nH]ccc12. The molecule has 4 N–H and O–H groups in total. The molecular formula is C30H24N6O2. The zero-order valence-corrected chi connectivity index (χ0v) is 20.3. The largest absolute Gasteiger partial charge is 0.361 e. The highest BCUT2D eigenvalue weighted by atomic mass is 16.2. The zero-order chi connectivity index (χ0) is 26.2. The molecule has 0 spiro atoms. The van der Waals surface area contributed by atoms with E-state index in [0.717, 1.165) is 44.1 Å². The molecule has 8 heteroatoms. The second-order valence-corrected chi connectivity index (χ2v) is 8.37. The first-order valence-corrected chi connectivity index (χ1v) is 11.9. The monoisotopic (exact) mass is 500 g/mol. The van der Waals surface area contributed by atoms with Gasteiger partial charge in [-0.05, 0) is 47.5 Å². The number of benzene rings is 3. The maximum absolute atomic E-state index is 12.1. The molecule has 2 aromatic heterocycles. The van der Waals surface area contributed by atoms with Crippen LogP contribution in [0.3, 0.4) is 0 Å². The van der Waals surface area contributed by atoms with Crippen molar-refractivity contribution >= 4 is 58.2 Å². The van der Waals surface area contributed by atoms with Crippen LogP contribution in [0.1, 0.15) is 22.3 Å². The van der Waals surface area contributed by atoms with Crippen LogP contribution in [0.2, 0.25) is 0 Å². The molecule has 0 aliphatic rings. The van der Waals surface area contributed by atoms with Crippen LogP contribution in [0.5, 0.6) is 0 Å². The fourth-order valence-electron chi connectivity index (χ4n) is 3.91. The van der Waals surface area contributed by atoms with Gasteiger partial charge in [0.2, 0.25) is 0 Å². The minimum atomic E-state index is -0.337. The van der Waals surface area contributed by atoms with Gasteiger partial charge in [0.15, 0.2) is 0 Å². The minimum absolute atomic E-state index is 0.337. The Hall–Kier alpha value is -5.50. The van der Waals surface area contributed by atoms with E-state index < -0.39 is 0 Å². The van der Waals surface area contributed by atoms with E-state index in [0.29, 0.717) is 0 Å². The van der Waals surface area contributed by atoms with Crippen LogP contribution in [-0.4, -0.2) is 34.2 Å². The molecule has 0 unspecified atom stereocenters. The van der Waals surface area contributed by atoms with Crippen molar-refractivity contribution in [3.05, 3.63) is 120 Å². The third-order valence-electron chi connectivity index (χ3n) is 5.80. The summed E-state index contributed by atoms with van der Waals surface area (Å²) in [5.74, 6) is -0.673. The van der Waals surface area contributed by atoms with Crippen molar-refractivity contribution < 1.29 is 9.59 Å². The van der Waals surface area contributed by atoms with Crippen LogP contribution in [0.15, 0.2) is 108 Å². The van der Waals surface area contributed by atoms with Gasteiger partial charge in [-0.3, -0.25) is 9.59 Å². The van der Waals surface area contributed by atoms with E-state index in [4.69, 9.17) is 0 Å². The van der Waals surface area contributed by atoms with Crippen LogP contribution in [0.4, 0.5) is 0 Å². The average Bonchev–Trinajstić information content (AvgIpc) is 3.62. The molecule has 5 aromatic rings. The number of hydrazone groups is 2. The number of nitrogens with one attached hydrogen (secondary N) is 4. The Kier molecular flexibility index (Phi) is 7.32. The number of hydrogen-bond donors (Lipinski definition) is 4. The number of H-pyrrole nitrogens is 2. The lowest BCUT2D eigenvalue weighted by atomic mass is 10.1. The van der Waals surface area contributed by atoms with Gasteiger partial charge in [-0.2, -0.15) is 10.2 Å². The van der Waals surface area contributed by atoms with Crippen molar-refractivity contribution in [1.29, 1.82) is 0 Å². The molecular weight excluding hydrogens is 476 g/mol. The molecule has 0 radical (unpaired) electrons. The van der Waals surface area contributed by atoms with E-state index in [-0.39, 0.29) is 11.8 Å². The highest BCUT2D eigenvalue weighted by Gasteiger charge is 2.00. The Morgan fingerprint density at radius 3 is 1.50 bits per heavy atom. The number of aromatic nitrogens is 2. The van der Waals surface area contributed by atoms with Crippen molar-refractivity contribution in [2.24, 2.45) is 10.2 Å². The Labute approximate surface area is 218 Å². The second kappa shape index (κ2) is 11.5. The van der Waals surface area contributed by atoms with Crippen LogP contribution in [-0.2, 0) is 9.59 Å². The highest BCUT2D eigenvalue weighted by Crippen LogP contribution is 2.16. The molecule has 0 aliphatic carbocycles. The number of carbonyl (C=O) groups excluding carboxylic acids is 2. The van der Waals surface area contributed by atoms with Gasteiger partial charge in [0, 0.05) is 57.5 Å². The molecule has 5 rings (SSSR count). The number of aromatic amines is 2. The molecule has 0 bridgehead atoms. The van der Waals surface area contributed by atoms with Gasteiger partial charge in [0.05, 0.1) is 12.4 Å². The molecule has 8 nitrogen and oxygen atoms in total. The fourth-order valence-corrected chi connectivity index (χ4v) is 3.91. The van der Waals surface area contributed by atoms with Crippen molar-refractivity contribution in [2.45, 2.75) is 0 Å². The van der Waals surface area contributed by atoms with Crippen molar-refractivity contribution in [3.8, 4) is 0 Å². The number of hydrogen-bond acceptors (Lipinski definition) is 4. The molecule has 3 aromatic carbocycles. The number of fused-ring (bicyclic) bond motifs is 2. The minimum Gasteiger partial charge on any atom is -0.361 e. The summed E-state index contributed by atoms with van der Waals surface area (Å²) in [5, 5.41) is 10.1. The van der Waals surface area contributed by atoms with Crippen molar-refractivity contribution in [2.75, 3.05) is 0 Å². The number of nitrogens with zero attached hydrogens (tertiary/aromatic N) is 2. The molecule has 38 heavy (non-hydrogen) atoms. The smallest absolute Gasteiger partial charge is 0.264 e. The molecule has 0 saturated heterocycles. The molecule has 0 saturated carbocycles. The summed E-state index contributed by atoms with van der Waals surface area (Å²) in [5.41, 5.74) is 10.5. The summed E-state index contributed by atoms with van der Waals surface area (Å²) in [6.45, 7) is 0. The predicted molar refractivity (Wildman–Crippen MR) is 153 cm³/mol. The topological polar surface area (TPSA) is 114 Å². The van der Waals surface area contributed by atoms with E-state index in [9.17, 15) is 9.59 Å². The Bertz CT molecular complexity index is 1580. The summed E-state index contributed by atoms with van der Waals surface area (Å²) < 4.78 is 0. The molecule has 0 fully saturated rings. The van der Waals surface area contributed by atoms with Gasteiger partial charge in [-0.25, -0.2) is 10.9 Å². The van der Waals surface area contributed by atoms with Gasteiger partial charge in [0.1, 0.15) is 0 Å². The molecule has 2 amide bonds. The fraction of sp³-hybridized carbons (Fsp3) is 0. The molecule has 0 aliphatic heterocycles. The standard InChI is InChI=1S/C30H24N6O2/c37-29(35-33-19-23-3-1-5-27-25(23)15-17-31-27)13-11-21-7-9-22(10-8-21)12-14-30(38)36-34-20-24-4-2-6-28-26(24)16-18-32-28/h1-20,31-32H,(H,35,37)(H,36,38)/b13-11+,14-12+,33-19+,34-20+. The lowest BCUT2D eigenvalue weighted by Gasteiger charge is -1.98. The molecule has 0 atom stereocenters. The third-order valence-corrected chi connectivity index (χ3v) is 5.80. The van der Waals surface area contributed by atoms with Crippen molar-refractivity contribution in [1.82, 2.24) is 20.8 Å². The summed E-state index contributed by atoms with van der Waals surface area (Å²) >= 11 is 0. The summed E-state index contributed by atoms with van der Waals surface area (Å²) in [7, 11) is 0. The summed E-state index contributed by atoms with van der Waals surface area (Å²) in [6.07, 6.45) is 13.2. The van der Waals surface area contributed by atoms with E-state index in [1.54, 1.807) is 24.6 Å². The summed E-state index contributed by atoms with van der Waals surface area (Å²) in [6, 6.07) is 23.0. The summed E-state index contributed by atoms with van der Waals surface area (Å²) in [4.78, 5) is 30.5. The second-order valence-electron chi connectivity index (χ2n) is 8.37. The molecule has 2 heterocycles. The van der Waals surface area contributed by atoms with Crippen LogP contribution < -0.4 is 10.9 Å². The number of rotatable bonds is 8. The lowest BCUT2D eigenvalue weighted by Crippen LogP contribution is -2.14. The van der Waals surface area contributed by atoms with Crippen molar-refractivity contribution in [3.63, 3.8) is 0 Å². The first-order valence-electron chi connectivity index (χ1n) is 11.9. The van der Waals surface area contributed by atoms with E-state index in [2.05, 4.69) is 31.0 Å². The normalized spacial score (nSPS) is 12.0. The maximum Gasteiger partial charge on any atom is 0.264 e. The Balaban J connectivity index is 1.10. The van der Waals surface area contributed by atoms with E-state index in [1.807, 2.05) is 85.2 Å². The third kappa shape index (κ3) is 6.00. The molecule has 186 valence electrons. The van der Waals surface area contributed by atoms with Gasteiger partial charge in [-0.15, -0.1) is 0 Å². The van der Waals surface area contributed by atoms with Gasteiger partial charge < -0.3 is 9.97 Å². The van der Waals surface area contributed by atoms with Crippen LogP contribution in [0.25, 0.3) is 34.0 Å².